The molecule has 3 nitrogen and oxygen atoms in total. The van der Waals surface area contributed by atoms with Crippen molar-refractivity contribution in [1.29, 1.82) is 0 Å². The van der Waals surface area contributed by atoms with Crippen LogP contribution >= 0.6 is 0 Å². The van der Waals surface area contributed by atoms with Gasteiger partial charge in [-0.3, -0.25) is 0 Å². The van der Waals surface area contributed by atoms with Crippen molar-refractivity contribution in [3.05, 3.63) is 29.6 Å². The van der Waals surface area contributed by atoms with E-state index in [1.54, 1.807) is 19.1 Å². The van der Waals surface area contributed by atoms with E-state index in [2.05, 4.69) is 4.98 Å². The predicted molar refractivity (Wildman–Crippen MR) is 37.0 cm³/mol. The van der Waals surface area contributed by atoms with E-state index >= 15 is 0 Å². The average Bonchev–Trinajstić information content (AvgIpc) is 1.88. The molecule has 0 radical (unpaired) electrons. The molecule has 0 atom stereocenters. The molecule has 0 amide bonds. The van der Waals surface area contributed by atoms with E-state index in [0.717, 1.165) is 0 Å². The average molecular weight is 161 g/mol. The maximum Gasteiger partial charge on any atom is 1.00 e. The van der Waals surface area contributed by atoms with E-state index in [0.29, 0.717) is 5.56 Å². The van der Waals surface area contributed by atoms with Crippen LogP contribution in [-0.2, 0) is 0 Å². The van der Waals surface area contributed by atoms with Gasteiger partial charge in [0, 0.05) is 6.20 Å². The number of hydrogen-bond donors (Lipinski definition) is 1. The van der Waals surface area contributed by atoms with Crippen LogP contribution in [0.15, 0.2) is 18.3 Å². The molecule has 0 fully saturated rings. The Bertz CT molecular complexity index is 267. The number of pyridine rings is 1. The number of aryl methyl sites for hydroxylation is 1. The van der Waals surface area contributed by atoms with Crippen molar-refractivity contribution in [2.75, 3.05) is 0 Å². The van der Waals surface area contributed by atoms with Crippen molar-refractivity contribution in [1.82, 2.24) is 4.98 Å². The van der Waals surface area contributed by atoms with Gasteiger partial charge in [-0.15, -0.1) is 0 Å². The van der Waals surface area contributed by atoms with E-state index in [-0.39, 0.29) is 36.7 Å². The van der Waals surface area contributed by atoms with Crippen molar-refractivity contribution in [2.45, 2.75) is 6.92 Å². The number of carboxylic acids is 1. The summed E-state index contributed by atoms with van der Waals surface area (Å²) in [6, 6.07) is 3.43. The van der Waals surface area contributed by atoms with Gasteiger partial charge in [-0.25, -0.2) is 9.78 Å². The van der Waals surface area contributed by atoms with Gasteiger partial charge in [0.1, 0.15) is 0 Å². The maximum absolute atomic E-state index is 10.4. The summed E-state index contributed by atoms with van der Waals surface area (Å²) in [5.74, 6) is -0.974. The first-order valence-corrected chi connectivity index (χ1v) is 2.86. The van der Waals surface area contributed by atoms with Crippen LogP contribution in [0.25, 0.3) is 0 Å². The Hall–Kier alpha value is -0.380. The van der Waals surface area contributed by atoms with Gasteiger partial charge >= 0.3 is 35.5 Å². The van der Waals surface area contributed by atoms with Crippen molar-refractivity contribution < 1.29 is 40.9 Å². The van der Waals surface area contributed by atoms with Crippen LogP contribution in [0.4, 0.5) is 0 Å². The van der Waals surface area contributed by atoms with Crippen LogP contribution in [0, 0.1) is 6.92 Å². The molecule has 0 spiro atoms. The number of carboxylic acid groups (broad SMARTS) is 1. The molecule has 1 N–H and O–H groups in total. The molecule has 1 aromatic heterocycles. The topological polar surface area (TPSA) is 50.2 Å². The second-order valence-electron chi connectivity index (χ2n) is 1.97. The number of carbonyl (C=O) groups is 1. The van der Waals surface area contributed by atoms with Gasteiger partial charge in [0.2, 0.25) is 0 Å². The molecule has 54 valence electrons. The standard InChI is InChI=1S/C7H7NO2.Na.H/c1-5-3-2-4-8-6(5)7(9)10;;/h2-4H,1H3,(H,9,10);;/q;+1;-1. The van der Waals surface area contributed by atoms with Crippen molar-refractivity contribution in [2.24, 2.45) is 0 Å². The summed E-state index contributed by atoms with van der Waals surface area (Å²) in [5, 5.41) is 8.50. The molecule has 0 saturated carbocycles. The third-order valence-corrected chi connectivity index (χ3v) is 1.21. The fourth-order valence-electron chi connectivity index (χ4n) is 0.710. The third kappa shape index (κ3) is 2.61. The quantitative estimate of drug-likeness (QED) is 0.495. The predicted octanol–water partition coefficient (Wildman–Crippen LogP) is -1.80. The summed E-state index contributed by atoms with van der Waals surface area (Å²) in [4.78, 5) is 14.0. The monoisotopic (exact) mass is 161 g/mol. The van der Waals surface area contributed by atoms with Crippen LogP contribution in [0.2, 0.25) is 0 Å². The Morgan fingerprint density at radius 1 is 1.73 bits per heavy atom. The smallest absolute Gasteiger partial charge is 1.00 e. The number of rotatable bonds is 1. The van der Waals surface area contributed by atoms with Crippen LogP contribution in [-0.4, -0.2) is 16.1 Å². The van der Waals surface area contributed by atoms with Gasteiger partial charge in [0.15, 0.2) is 5.69 Å². The van der Waals surface area contributed by atoms with Crippen molar-refractivity contribution in [3.63, 3.8) is 0 Å². The molecule has 0 aliphatic heterocycles. The van der Waals surface area contributed by atoms with Crippen LogP contribution in [0.1, 0.15) is 17.5 Å². The van der Waals surface area contributed by atoms with Crippen molar-refractivity contribution in [3.8, 4) is 0 Å². The molecule has 0 aromatic carbocycles. The van der Waals surface area contributed by atoms with Gasteiger partial charge in [0.25, 0.3) is 0 Å². The van der Waals surface area contributed by atoms with Gasteiger partial charge in [-0.1, -0.05) is 6.07 Å². The Labute approximate surface area is 88.2 Å². The van der Waals surface area contributed by atoms with Gasteiger partial charge < -0.3 is 6.53 Å². The summed E-state index contributed by atoms with van der Waals surface area (Å²) in [6.07, 6.45) is 1.47. The minimum atomic E-state index is -0.974. The normalized spacial score (nSPS) is 8.45. The molecule has 1 heterocycles. The maximum atomic E-state index is 10.4. The minimum absolute atomic E-state index is 0. The summed E-state index contributed by atoms with van der Waals surface area (Å²) in [5.41, 5.74) is 0.817. The molecule has 0 aliphatic carbocycles. The summed E-state index contributed by atoms with van der Waals surface area (Å²) < 4.78 is 0. The first kappa shape index (κ1) is 10.6. The van der Waals surface area contributed by atoms with Gasteiger partial charge in [-0.2, -0.15) is 0 Å². The van der Waals surface area contributed by atoms with Gasteiger partial charge in [0.05, 0.1) is 0 Å². The number of aromatic nitrogens is 1. The zero-order valence-corrected chi connectivity index (χ0v) is 8.53. The zero-order chi connectivity index (χ0) is 7.56. The van der Waals surface area contributed by atoms with Gasteiger partial charge in [-0.05, 0) is 18.6 Å². The van der Waals surface area contributed by atoms with Crippen LogP contribution < -0.4 is 29.6 Å². The molecule has 0 bridgehead atoms. The molecule has 1 rings (SSSR count). The summed E-state index contributed by atoms with van der Waals surface area (Å²) in [6.45, 7) is 1.72. The fourth-order valence-corrected chi connectivity index (χ4v) is 0.710. The molecule has 0 unspecified atom stereocenters. The van der Waals surface area contributed by atoms with E-state index in [9.17, 15) is 4.79 Å². The number of aromatic carboxylic acids is 1. The molecule has 1 aromatic rings. The SMILES string of the molecule is Cc1cccnc1C(=O)O.[H-].[Na+]. The van der Waals surface area contributed by atoms with Crippen molar-refractivity contribution >= 4 is 5.97 Å². The molecular weight excluding hydrogens is 153 g/mol. The Kier molecular flexibility index (Phi) is 4.33. The first-order chi connectivity index (χ1) is 4.72. The van der Waals surface area contributed by atoms with E-state index in [1.165, 1.54) is 6.20 Å². The zero-order valence-electron chi connectivity index (χ0n) is 7.53. The molecular formula is C7H8NNaO2. The Balaban J connectivity index is 0. The second kappa shape index (κ2) is 4.49. The Morgan fingerprint density at radius 3 is 2.73 bits per heavy atom. The third-order valence-electron chi connectivity index (χ3n) is 1.21. The molecule has 4 heteroatoms. The largest absolute Gasteiger partial charge is 1.00 e. The first-order valence-electron chi connectivity index (χ1n) is 2.86. The number of hydrogen-bond acceptors (Lipinski definition) is 2. The van der Waals surface area contributed by atoms with E-state index in [4.69, 9.17) is 5.11 Å². The summed E-state index contributed by atoms with van der Waals surface area (Å²) >= 11 is 0. The van der Waals surface area contributed by atoms with Crippen LogP contribution in [0.3, 0.4) is 0 Å². The number of nitrogens with zero attached hydrogens (tertiary/aromatic N) is 1. The van der Waals surface area contributed by atoms with Crippen LogP contribution in [0.5, 0.6) is 0 Å². The molecule has 0 saturated heterocycles. The fraction of sp³-hybridized carbons (Fsp3) is 0.143. The molecule has 11 heavy (non-hydrogen) atoms. The second-order valence-corrected chi connectivity index (χ2v) is 1.97. The van der Waals surface area contributed by atoms with E-state index < -0.39 is 5.97 Å². The minimum Gasteiger partial charge on any atom is -1.00 e. The summed E-state index contributed by atoms with van der Waals surface area (Å²) in [7, 11) is 0. The van der Waals surface area contributed by atoms with E-state index in [1.807, 2.05) is 0 Å². The Morgan fingerprint density at radius 2 is 2.36 bits per heavy atom. The molecule has 0 aliphatic rings.